The number of carbonyl (C=O) groups is 3. The van der Waals surface area contributed by atoms with Crippen LogP contribution in [0.2, 0.25) is 0 Å². The number of halogens is 3. The zero-order chi connectivity index (χ0) is 20.3. The lowest BCUT2D eigenvalue weighted by atomic mass is 10.1. The van der Waals surface area contributed by atoms with Gasteiger partial charge in [-0.15, -0.1) is 0 Å². The minimum Gasteiger partial charge on any atom is -0.350 e. The average molecular weight is 392 g/mol. The van der Waals surface area contributed by atoms with E-state index in [9.17, 15) is 27.6 Å². The normalized spacial score (nSPS) is 16.2. The van der Waals surface area contributed by atoms with Gasteiger partial charge in [-0.2, -0.15) is 0 Å². The Labute approximate surface area is 157 Å². The maximum absolute atomic E-state index is 13.4. The predicted octanol–water partition coefficient (Wildman–Crippen LogP) is 2.02. The molecule has 2 aromatic rings. The molecule has 7 nitrogen and oxygen atoms in total. The summed E-state index contributed by atoms with van der Waals surface area (Å²) < 4.78 is 39.8. The fourth-order valence-corrected chi connectivity index (χ4v) is 2.70. The first-order valence-electron chi connectivity index (χ1n) is 8.32. The smallest absolute Gasteiger partial charge is 0.329 e. The molecule has 10 heteroatoms. The van der Waals surface area contributed by atoms with Crippen LogP contribution >= 0.6 is 0 Å². The topological polar surface area (TPSA) is 91.4 Å². The largest absolute Gasteiger partial charge is 0.350 e. The number of anilines is 1. The van der Waals surface area contributed by atoms with Crippen molar-refractivity contribution in [1.29, 1.82) is 0 Å². The Morgan fingerprint density at radius 2 is 1.89 bits per heavy atom. The van der Waals surface area contributed by atoms with Crippen molar-refractivity contribution in [2.45, 2.75) is 25.4 Å². The van der Waals surface area contributed by atoms with Gasteiger partial charge in [-0.05, 0) is 18.6 Å². The molecule has 1 aromatic heterocycles. The molecule has 0 bridgehead atoms. The molecule has 0 radical (unpaired) electrons. The first-order chi connectivity index (χ1) is 13.4. The fourth-order valence-electron chi connectivity index (χ4n) is 2.70. The number of hydrogen-bond acceptors (Lipinski definition) is 4. The van der Waals surface area contributed by atoms with Crippen molar-refractivity contribution in [3.05, 3.63) is 59.7 Å². The molecule has 4 amide bonds. The van der Waals surface area contributed by atoms with E-state index < -0.39 is 41.1 Å². The van der Waals surface area contributed by atoms with Crippen molar-refractivity contribution in [1.82, 2.24) is 15.6 Å². The molecule has 2 N–H and O–H groups in total. The van der Waals surface area contributed by atoms with Crippen molar-refractivity contribution < 1.29 is 27.6 Å². The SMILES string of the molecule is O=C(CC[C@@H]1NC(=O)N(c2cc(F)c(F)c(F)c2)C1=O)NCc1ccccn1. The van der Waals surface area contributed by atoms with Crippen LogP contribution in [0.25, 0.3) is 0 Å². The summed E-state index contributed by atoms with van der Waals surface area (Å²) in [5.41, 5.74) is 0.230. The molecule has 0 saturated carbocycles. The highest BCUT2D eigenvalue weighted by molar-refractivity contribution is 6.21. The summed E-state index contributed by atoms with van der Waals surface area (Å²) in [5.74, 6) is -5.88. The maximum atomic E-state index is 13.4. The summed E-state index contributed by atoms with van der Waals surface area (Å²) in [6.07, 6.45) is 1.51. The van der Waals surface area contributed by atoms with Gasteiger partial charge in [-0.25, -0.2) is 22.9 Å². The Morgan fingerprint density at radius 1 is 1.18 bits per heavy atom. The molecular formula is C18H15F3N4O3. The number of hydrogen-bond donors (Lipinski definition) is 2. The zero-order valence-electron chi connectivity index (χ0n) is 14.4. The van der Waals surface area contributed by atoms with Gasteiger partial charge in [0, 0.05) is 24.8 Å². The number of rotatable bonds is 6. The summed E-state index contributed by atoms with van der Waals surface area (Å²) >= 11 is 0. The first-order valence-corrected chi connectivity index (χ1v) is 8.32. The molecule has 28 heavy (non-hydrogen) atoms. The highest BCUT2D eigenvalue weighted by atomic mass is 19.2. The summed E-state index contributed by atoms with van der Waals surface area (Å²) in [4.78, 5) is 40.9. The summed E-state index contributed by atoms with van der Waals surface area (Å²) in [6.45, 7) is 0.213. The molecule has 0 spiro atoms. The van der Waals surface area contributed by atoms with E-state index in [1.807, 2.05) is 0 Å². The van der Waals surface area contributed by atoms with Crippen LogP contribution in [0.1, 0.15) is 18.5 Å². The number of carbonyl (C=O) groups excluding carboxylic acids is 3. The highest BCUT2D eigenvalue weighted by Gasteiger charge is 2.39. The minimum absolute atomic E-state index is 0.0126. The Kier molecular flexibility index (Phi) is 5.57. The van der Waals surface area contributed by atoms with Crippen LogP contribution in [-0.4, -0.2) is 28.9 Å². The third kappa shape index (κ3) is 4.11. The maximum Gasteiger partial charge on any atom is 0.329 e. The molecule has 1 aliphatic heterocycles. The number of benzene rings is 1. The lowest BCUT2D eigenvalue weighted by molar-refractivity contribution is -0.122. The highest BCUT2D eigenvalue weighted by Crippen LogP contribution is 2.25. The number of urea groups is 1. The third-order valence-corrected chi connectivity index (χ3v) is 4.10. The molecule has 1 atom stereocenters. The molecule has 1 fully saturated rings. The fraction of sp³-hybridized carbons (Fsp3) is 0.222. The number of nitrogens with one attached hydrogen (secondary N) is 2. The third-order valence-electron chi connectivity index (χ3n) is 4.10. The standard InChI is InChI=1S/C18H15F3N4O3/c19-12-7-11(8-13(20)16(12)21)25-17(27)14(24-18(25)28)4-5-15(26)23-9-10-3-1-2-6-22-10/h1-3,6-8,14H,4-5,9H2,(H,23,26)(H,24,28)/t14-/m0/s1. The molecule has 0 aliphatic carbocycles. The molecule has 146 valence electrons. The van der Waals surface area contributed by atoms with Crippen LogP contribution in [0.4, 0.5) is 23.7 Å². The van der Waals surface area contributed by atoms with Gasteiger partial charge in [0.15, 0.2) is 17.5 Å². The van der Waals surface area contributed by atoms with Crippen molar-refractivity contribution in [3.63, 3.8) is 0 Å². The van der Waals surface area contributed by atoms with Gasteiger partial charge in [-0.3, -0.25) is 14.6 Å². The number of pyridine rings is 1. The van der Waals surface area contributed by atoms with E-state index in [0.29, 0.717) is 22.7 Å². The van der Waals surface area contributed by atoms with Gasteiger partial charge in [0.1, 0.15) is 6.04 Å². The Balaban J connectivity index is 1.58. The molecule has 1 aliphatic rings. The average Bonchev–Trinajstić information content (AvgIpc) is 2.96. The molecule has 1 saturated heterocycles. The van der Waals surface area contributed by atoms with Crippen LogP contribution < -0.4 is 15.5 Å². The Hall–Kier alpha value is -3.43. The van der Waals surface area contributed by atoms with E-state index in [4.69, 9.17) is 0 Å². The van der Waals surface area contributed by atoms with E-state index in [1.165, 1.54) is 0 Å². The predicted molar refractivity (Wildman–Crippen MR) is 91.4 cm³/mol. The minimum atomic E-state index is -1.70. The number of nitrogens with zero attached hydrogens (tertiary/aromatic N) is 2. The van der Waals surface area contributed by atoms with Gasteiger partial charge in [-0.1, -0.05) is 6.07 Å². The lowest BCUT2D eigenvalue weighted by Crippen LogP contribution is -2.32. The monoisotopic (exact) mass is 392 g/mol. The quantitative estimate of drug-likeness (QED) is 0.581. The van der Waals surface area contributed by atoms with Crippen LogP contribution in [0, 0.1) is 17.5 Å². The van der Waals surface area contributed by atoms with Crippen LogP contribution in [0.3, 0.4) is 0 Å². The first kappa shape index (κ1) is 19.3. The van der Waals surface area contributed by atoms with Crippen molar-refractivity contribution >= 4 is 23.5 Å². The summed E-state index contributed by atoms with van der Waals surface area (Å²) in [7, 11) is 0. The van der Waals surface area contributed by atoms with Crippen molar-refractivity contribution in [2.24, 2.45) is 0 Å². The van der Waals surface area contributed by atoms with Crippen LogP contribution in [0.15, 0.2) is 36.5 Å². The van der Waals surface area contributed by atoms with Crippen molar-refractivity contribution in [2.75, 3.05) is 4.90 Å². The molecular weight excluding hydrogens is 377 g/mol. The van der Waals surface area contributed by atoms with E-state index in [2.05, 4.69) is 15.6 Å². The van der Waals surface area contributed by atoms with E-state index in [-0.39, 0.29) is 25.3 Å². The van der Waals surface area contributed by atoms with Gasteiger partial charge in [0.05, 0.1) is 17.9 Å². The molecule has 3 rings (SSSR count). The molecule has 1 aromatic carbocycles. The van der Waals surface area contributed by atoms with Crippen molar-refractivity contribution in [3.8, 4) is 0 Å². The van der Waals surface area contributed by atoms with Gasteiger partial charge >= 0.3 is 6.03 Å². The van der Waals surface area contributed by atoms with Gasteiger partial charge < -0.3 is 10.6 Å². The second-order valence-corrected chi connectivity index (χ2v) is 6.04. The van der Waals surface area contributed by atoms with Gasteiger partial charge in [0.25, 0.3) is 5.91 Å². The number of imide groups is 1. The number of amides is 4. The van der Waals surface area contributed by atoms with Crippen LogP contribution in [-0.2, 0) is 16.1 Å². The molecule has 2 heterocycles. The summed E-state index contributed by atoms with van der Waals surface area (Å²) in [5, 5.41) is 4.97. The summed E-state index contributed by atoms with van der Waals surface area (Å²) in [6, 6.07) is 4.41. The van der Waals surface area contributed by atoms with Gasteiger partial charge in [0.2, 0.25) is 5.91 Å². The Bertz CT molecular complexity index is 901. The number of aromatic nitrogens is 1. The van der Waals surface area contributed by atoms with E-state index >= 15 is 0 Å². The zero-order valence-corrected chi connectivity index (χ0v) is 14.4. The van der Waals surface area contributed by atoms with Crippen LogP contribution in [0.5, 0.6) is 0 Å². The second kappa shape index (κ2) is 8.07. The lowest BCUT2D eigenvalue weighted by Gasteiger charge is -2.13. The second-order valence-electron chi connectivity index (χ2n) is 6.04. The Morgan fingerprint density at radius 3 is 2.54 bits per heavy atom. The van der Waals surface area contributed by atoms with E-state index in [0.717, 1.165) is 0 Å². The molecule has 0 unspecified atom stereocenters. The van der Waals surface area contributed by atoms with E-state index in [1.54, 1.807) is 24.4 Å².